The number of esters is 1. The number of benzene rings is 2. The quantitative estimate of drug-likeness (QED) is 0.398. The second-order valence-corrected chi connectivity index (χ2v) is 12.7. The minimum absolute atomic E-state index is 0.101. The number of β-amino-alcohol motifs (C(OH)–C–C–N with tert-alkyl or cyclic N) is 1. The lowest BCUT2D eigenvalue weighted by atomic mass is 9.77. The molecule has 0 aromatic heterocycles. The third kappa shape index (κ3) is 5.22. The van der Waals surface area contributed by atoms with Gasteiger partial charge in [0.05, 0.1) is 35.4 Å². The number of amides is 3. The van der Waals surface area contributed by atoms with E-state index in [2.05, 4.69) is 0 Å². The number of nitrogens with zero attached hydrogens (tertiary/aromatic N) is 3. The summed E-state index contributed by atoms with van der Waals surface area (Å²) in [5.74, 6) is -3.87. The van der Waals surface area contributed by atoms with Crippen LogP contribution in [-0.4, -0.2) is 89.1 Å². The van der Waals surface area contributed by atoms with Crippen molar-refractivity contribution in [3.63, 3.8) is 0 Å². The number of cyclic esters (lactones) is 1. The van der Waals surface area contributed by atoms with E-state index in [1.165, 1.54) is 9.80 Å². The number of fused-ring (bicyclic) bond motifs is 2. The lowest BCUT2D eigenvalue weighted by molar-refractivity contribution is -0.164. The normalized spacial score (nSPS) is 32.2. The van der Waals surface area contributed by atoms with E-state index in [-0.39, 0.29) is 32.0 Å². The van der Waals surface area contributed by atoms with Crippen molar-refractivity contribution in [2.24, 2.45) is 11.8 Å². The number of halogens is 1. The highest BCUT2D eigenvalue weighted by Gasteiger charge is 2.72. The van der Waals surface area contributed by atoms with Crippen LogP contribution in [-0.2, 0) is 28.7 Å². The third-order valence-corrected chi connectivity index (χ3v) is 10.0. The molecule has 0 unspecified atom stereocenters. The molecule has 2 aromatic rings. The van der Waals surface area contributed by atoms with Gasteiger partial charge in [0.2, 0.25) is 11.8 Å². The van der Waals surface area contributed by atoms with Gasteiger partial charge in [-0.3, -0.25) is 19.2 Å². The maximum absolute atomic E-state index is 14.6. The fraction of sp³-hybridized carbons (Fsp3) is 0.429. The Balaban J connectivity index is 1.45. The summed E-state index contributed by atoms with van der Waals surface area (Å²) < 4.78 is 13.0. The van der Waals surface area contributed by atoms with E-state index in [1.807, 2.05) is 50.2 Å². The molecule has 4 heterocycles. The Labute approximate surface area is 273 Å². The van der Waals surface area contributed by atoms with Crippen molar-refractivity contribution in [1.29, 1.82) is 0 Å². The summed E-state index contributed by atoms with van der Waals surface area (Å²) in [6.07, 6.45) is 5.87. The maximum Gasteiger partial charge on any atom is 0.313 e. The molecule has 3 amide bonds. The predicted molar refractivity (Wildman–Crippen MR) is 171 cm³/mol. The first-order valence-corrected chi connectivity index (χ1v) is 16.0. The van der Waals surface area contributed by atoms with Crippen LogP contribution in [0.1, 0.15) is 37.0 Å². The minimum atomic E-state index is -1.52. The van der Waals surface area contributed by atoms with Crippen molar-refractivity contribution in [3.8, 4) is 0 Å². The second-order valence-electron chi connectivity index (χ2n) is 12.3. The molecule has 0 radical (unpaired) electrons. The van der Waals surface area contributed by atoms with Crippen molar-refractivity contribution >= 4 is 41.0 Å². The Bertz CT molecular complexity index is 1580. The molecule has 10 nitrogen and oxygen atoms in total. The van der Waals surface area contributed by atoms with Gasteiger partial charge in [-0.05, 0) is 37.5 Å². The maximum atomic E-state index is 14.6. The molecule has 242 valence electrons. The van der Waals surface area contributed by atoms with Gasteiger partial charge in [-0.1, -0.05) is 78.4 Å². The van der Waals surface area contributed by atoms with E-state index in [0.717, 1.165) is 5.56 Å². The highest BCUT2D eigenvalue weighted by atomic mass is 35.5. The topological polar surface area (TPSA) is 117 Å². The van der Waals surface area contributed by atoms with Crippen LogP contribution < -0.4 is 4.90 Å². The molecule has 0 aliphatic carbocycles. The number of aliphatic hydroxyl groups excluding tert-OH is 1. The van der Waals surface area contributed by atoms with Gasteiger partial charge >= 0.3 is 5.97 Å². The molecule has 4 aliphatic rings. The molecule has 7 atom stereocenters. The van der Waals surface area contributed by atoms with Crippen LogP contribution in [0.4, 0.5) is 5.69 Å². The first kappa shape index (κ1) is 32.0. The average Bonchev–Trinajstić information content (AvgIpc) is 3.42. The number of carbonyl (C=O) groups excluding carboxylic acids is 4. The first-order chi connectivity index (χ1) is 22.1. The van der Waals surface area contributed by atoms with E-state index < -0.39 is 59.5 Å². The van der Waals surface area contributed by atoms with E-state index in [9.17, 15) is 24.3 Å². The molecule has 11 heteroatoms. The summed E-state index contributed by atoms with van der Waals surface area (Å²) in [5, 5.41) is 10.4. The fourth-order valence-electron chi connectivity index (χ4n) is 7.40. The molecule has 2 fully saturated rings. The number of likely N-dealkylation sites (N-methyl/N-ethyl adjacent to an activating group) is 1. The number of aliphatic hydroxyl groups is 1. The molecule has 1 N–H and O–H groups in total. The van der Waals surface area contributed by atoms with Crippen LogP contribution in [0.25, 0.3) is 0 Å². The van der Waals surface area contributed by atoms with Gasteiger partial charge in [0.15, 0.2) is 0 Å². The molecular weight excluding hydrogens is 610 g/mol. The average molecular weight is 648 g/mol. The molecule has 0 bridgehead atoms. The zero-order chi connectivity index (χ0) is 32.7. The lowest BCUT2D eigenvalue weighted by Gasteiger charge is -2.35. The van der Waals surface area contributed by atoms with E-state index in [1.54, 1.807) is 48.4 Å². The van der Waals surface area contributed by atoms with Crippen molar-refractivity contribution in [3.05, 3.63) is 89.0 Å². The standard InChI is InChI=1S/C35H38ClN3O7/c1-21-11-9-14-24(36)29(21)38-18-10-17-35-28(32(42)39(19-20-40)31(35)33(38)43)27-25(46-35)15-7-8-16-26(41)37(3)22(2)30(45-34(27)44)23-12-5-4-6-13-23/h4-7,9-15,17,22,25,27-28,30-31,40H,8,16,18-20H2,1-3H3/b15-7-/t22-,25-,27+,28+,30+,31-,35+/m1/s1. The van der Waals surface area contributed by atoms with Gasteiger partial charge in [-0.15, -0.1) is 0 Å². The van der Waals surface area contributed by atoms with Gasteiger partial charge in [0.25, 0.3) is 5.91 Å². The summed E-state index contributed by atoms with van der Waals surface area (Å²) in [5.41, 5.74) is 0.481. The number of ether oxygens (including phenoxy) is 2. The van der Waals surface area contributed by atoms with Gasteiger partial charge in [-0.2, -0.15) is 0 Å². The summed E-state index contributed by atoms with van der Waals surface area (Å²) in [6, 6.07) is 12.9. The number of carbonyl (C=O) groups is 4. The van der Waals surface area contributed by atoms with Gasteiger partial charge in [0.1, 0.15) is 23.7 Å². The second kappa shape index (κ2) is 12.7. The molecule has 2 aromatic carbocycles. The van der Waals surface area contributed by atoms with Gasteiger partial charge in [0, 0.05) is 26.6 Å². The van der Waals surface area contributed by atoms with Crippen molar-refractivity contribution < 1.29 is 33.8 Å². The number of anilines is 1. The SMILES string of the molecule is Cc1cccc(Cl)c1N1CC=C[C@]23O[C@@H]4/C=C\CCC(=O)N(C)[C@H](C)[C@@H](c5ccccc5)OC(=O)[C@@H]4[C@H]2C(=O)N(CCO)[C@@H]3C1=O. The summed E-state index contributed by atoms with van der Waals surface area (Å²) in [4.78, 5) is 60.9. The predicted octanol–water partition coefficient (Wildman–Crippen LogP) is 3.61. The number of rotatable bonds is 4. The van der Waals surface area contributed by atoms with Gasteiger partial charge < -0.3 is 29.3 Å². The van der Waals surface area contributed by atoms with Crippen LogP contribution >= 0.6 is 11.6 Å². The van der Waals surface area contributed by atoms with Crippen molar-refractivity contribution in [2.45, 2.75) is 56.6 Å². The molecule has 1 spiro atoms. The van der Waals surface area contributed by atoms with Crippen LogP contribution in [0.2, 0.25) is 5.02 Å². The number of hydrogen-bond donors (Lipinski definition) is 1. The Hall–Kier alpha value is -3.99. The number of para-hydroxylation sites is 1. The summed E-state index contributed by atoms with van der Waals surface area (Å²) in [6.45, 7) is 3.33. The van der Waals surface area contributed by atoms with E-state index in [0.29, 0.717) is 22.7 Å². The van der Waals surface area contributed by atoms with Gasteiger partial charge in [-0.25, -0.2) is 0 Å². The zero-order valence-electron chi connectivity index (χ0n) is 26.0. The number of likely N-dealkylation sites (tertiary alicyclic amines) is 1. The highest BCUT2D eigenvalue weighted by Crippen LogP contribution is 2.53. The van der Waals surface area contributed by atoms with E-state index in [4.69, 9.17) is 21.1 Å². The third-order valence-electron chi connectivity index (χ3n) is 9.73. The molecule has 4 aliphatic heterocycles. The molecular formula is C35H38ClN3O7. The van der Waals surface area contributed by atoms with Crippen molar-refractivity contribution in [1.82, 2.24) is 9.80 Å². The number of allylic oxidation sites excluding steroid dienone is 1. The van der Waals surface area contributed by atoms with E-state index >= 15 is 0 Å². The van der Waals surface area contributed by atoms with Crippen molar-refractivity contribution in [2.75, 3.05) is 31.6 Å². The Kier molecular flexibility index (Phi) is 8.80. The molecule has 2 saturated heterocycles. The van der Waals surface area contributed by atoms with Crippen LogP contribution in [0.3, 0.4) is 0 Å². The number of hydrogen-bond acceptors (Lipinski definition) is 7. The van der Waals surface area contributed by atoms with Crippen LogP contribution in [0.5, 0.6) is 0 Å². The Morgan fingerprint density at radius 1 is 1.02 bits per heavy atom. The Morgan fingerprint density at radius 2 is 1.78 bits per heavy atom. The first-order valence-electron chi connectivity index (χ1n) is 15.6. The summed E-state index contributed by atoms with van der Waals surface area (Å²) in [7, 11) is 1.69. The smallest absolute Gasteiger partial charge is 0.313 e. The molecule has 0 saturated carbocycles. The zero-order valence-corrected chi connectivity index (χ0v) is 26.8. The molecule has 46 heavy (non-hydrogen) atoms. The molecule has 6 rings (SSSR count). The fourth-order valence-corrected chi connectivity index (χ4v) is 7.73. The largest absolute Gasteiger partial charge is 0.455 e. The van der Waals surface area contributed by atoms with Crippen LogP contribution in [0.15, 0.2) is 72.8 Å². The van der Waals surface area contributed by atoms with Crippen LogP contribution in [0, 0.1) is 18.8 Å². The minimum Gasteiger partial charge on any atom is -0.455 e. The highest BCUT2D eigenvalue weighted by molar-refractivity contribution is 6.34. The number of aryl methyl sites for hydroxylation is 1. The lowest BCUT2D eigenvalue weighted by Crippen LogP contribution is -2.56. The Morgan fingerprint density at radius 3 is 2.50 bits per heavy atom. The summed E-state index contributed by atoms with van der Waals surface area (Å²) >= 11 is 6.60. The monoisotopic (exact) mass is 647 g/mol.